The van der Waals surface area contributed by atoms with E-state index in [1.54, 1.807) is 6.92 Å². The molecule has 3 heterocycles. The predicted molar refractivity (Wildman–Crippen MR) is 71.6 cm³/mol. The van der Waals surface area contributed by atoms with Crippen molar-refractivity contribution >= 4 is 0 Å². The standard InChI is InChI=1S/C14H14F4N4O2/c1-6-5-22-10(19-20-11(22)13(15)3-4-13)8-7(6)9(21-24-8)12(2,23)14(16,17)18/h6,23H,3-5H2,1-2H3/t6-,12+/m0/s1. The number of hydrogen-bond donors (Lipinski definition) is 1. The highest BCUT2D eigenvalue weighted by atomic mass is 19.4. The molecule has 2 aromatic heterocycles. The lowest BCUT2D eigenvalue weighted by Crippen LogP contribution is -2.40. The molecule has 2 atom stereocenters. The predicted octanol–water partition coefficient (Wildman–Crippen LogP) is 2.78. The van der Waals surface area contributed by atoms with Crippen molar-refractivity contribution in [1.82, 2.24) is 19.9 Å². The minimum Gasteiger partial charge on any atom is -0.375 e. The zero-order valence-electron chi connectivity index (χ0n) is 12.9. The van der Waals surface area contributed by atoms with Crippen molar-refractivity contribution in [1.29, 1.82) is 0 Å². The molecule has 0 aromatic carbocycles. The van der Waals surface area contributed by atoms with Crippen LogP contribution in [-0.4, -0.2) is 31.2 Å². The summed E-state index contributed by atoms with van der Waals surface area (Å²) in [7, 11) is 0. The lowest BCUT2D eigenvalue weighted by atomic mass is 9.88. The summed E-state index contributed by atoms with van der Waals surface area (Å²) in [6.45, 7) is 2.48. The minimum atomic E-state index is -4.91. The van der Waals surface area contributed by atoms with Gasteiger partial charge in [-0.15, -0.1) is 10.2 Å². The summed E-state index contributed by atoms with van der Waals surface area (Å²) in [5.41, 5.74) is -5.13. The highest BCUT2D eigenvalue weighted by molar-refractivity contribution is 5.59. The quantitative estimate of drug-likeness (QED) is 0.846. The average molecular weight is 346 g/mol. The molecule has 2 aliphatic rings. The van der Waals surface area contributed by atoms with Gasteiger partial charge in [0.25, 0.3) is 0 Å². The smallest absolute Gasteiger partial charge is 0.375 e. The zero-order chi connectivity index (χ0) is 17.5. The Morgan fingerprint density at radius 2 is 1.96 bits per heavy atom. The molecule has 0 saturated heterocycles. The molecule has 1 aliphatic carbocycles. The number of hydrogen-bond acceptors (Lipinski definition) is 5. The first kappa shape index (κ1) is 15.6. The third-order valence-corrected chi connectivity index (χ3v) is 4.73. The van der Waals surface area contributed by atoms with E-state index in [0.29, 0.717) is 19.8 Å². The number of aromatic nitrogens is 4. The normalized spacial score (nSPS) is 24.2. The largest absolute Gasteiger partial charge is 0.422 e. The fraction of sp³-hybridized carbons (Fsp3) is 0.643. The Morgan fingerprint density at radius 3 is 2.54 bits per heavy atom. The molecule has 0 unspecified atom stereocenters. The van der Waals surface area contributed by atoms with E-state index in [0.717, 1.165) is 0 Å². The van der Waals surface area contributed by atoms with Crippen LogP contribution in [0, 0.1) is 0 Å². The van der Waals surface area contributed by atoms with Gasteiger partial charge in [-0.25, -0.2) is 4.39 Å². The second kappa shape index (κ2) is 4.35. The summed E-state index contributed by atoms with van der Waals surface area (Å²) in [5.74, 6) is -0.176. The van der Waals surface area contributed by atoms with Crippen LogP contribution in [0.1, 0.15) is 49.7 Å². The molecule has 0 radical (unpaired) electrons. The van der Waals surface area contributed by atoms with Gasteiger partial charge >= 0.3 is 6.18 Å². The minimum absolute atomic E-state index is 0.00345. The molecule has 1 saturated carbocycles. The van der Waals surface area contributed by atoms with Crippen LogP contribution in [0.5, 0.6) is 0 Å². The maximum absolute atomic E-state index is 14.3. The monoisotopic (exact) mass is 346 g/mol. The summed E-state index contributed by atoms with van der Waals surface area (Å²) in [6.07, 6.45) is -4.22. The van der Waals surface area contributed by atoms with Crippen molar-refractivity contribution in [3.05, 3.63) is 17.1 Å². The maximum atomic E-state index is 14.3. The summed E-state index contributed by atoms with van der Waals surface area (Å²) < 4.78 is 60.4. The average Bonchev–Trinajstić information content (AvgIpc) is 2.90. The van der Waals surface area contributed by atoms with Gasteiger partial charge < -0.3 is 14.2 Å². The van der Waals surface area contributed by atoms with Gasteiger partial charge in [0, 0.05) is 18.0 Å². The molecule has 1 aliphatic heterocycles. The van der Waals surface area contributed by atoms with Gasteiger partial charge in [-0.3, -0.25) is 0 Å². The molecule has 130 valence electrons. The summed E-state index contributed by atoms with van der Waals surface area (Å²) in [6, 6.07) is 0. The Hall–Kier alpha value is -1.97. The van der Waals surface area contributed by atoms with Crippen molar-refractivity contribution in [2.45, 2.75) is 56.6 Å². The van der Waals surface area contributed by atoms with Crippen LogP contribution in [0.3, 0.4) is 0 Å². The lowest BCUT2D eigenvalue weighted by molar-refractivity contribution is -0.261. The molecule has 0 bridgehead atoms. The van der Waals surface area contributed by atoms with Gasteiger partial charge in [-0.05, 0) is 19.8 Å². The molecule has 24 heavy (non-hydrogen) atoms. The van der Waals surface area contributed by atoms with Crippen LogP contribution in [0.2, 0.25) is 0 Å². The lowest BCUT2D eigenvalue weighted by Gasteiger charge is -2.28. The van der Waals surface area contributed by atoms with E-state index in [1.165, 1.54) is 4.57 Å². The number of halogens is 4. The van der Waals surface area contributed by atoms with Gasteiger partial charge in [0.1, 0.15) is 5.69 Å². The van der Waals surface area contributed by atoms with Gasteiger partial charge in [0.05, 0.1) is 0 Å². The Kier molecular flexibility index (Phi) is 2.82. The Balaban J connectivity index is 1.87. The van der Waals surface area contributed by atoms with Crippen LogP contribution in [0.4, 0.5) is 17.6 Å². The van der Waals surface area contributed by atoms with E-state index in [-0.39, 0.29) is 29.5 Å². The van der Waals surface area contributed by atoms with Gasteiger partial charge in [-0.1, -0.05) is 12.1 Å². The first-order valence-electron chi connectivity index (χ1n) is 7.48. The van der Waals surface area contributed by atoms with Crippen molar-refractivity contribution in [3.63, 3.8) is 0 Å². The molecular weight excluding hydrogens is 332 g/mol. The van der Waals surface area contributed by atoms with E-state index in [2.05, 4.69) is 15.4 Å². The number of alkyl halides is 4. The number of rotatable bonds is 2. The molecule has 0 amide bonds. The second-order valence-electron chi connectivity index (χ2n) is 6.67. The molecule has 1 fully saturated rings. The van der Waals surface area contributed by atoms with Crippen molar-refractivity contribution in [2.24, 2.45) is 0 Å². The first-order chi connectivity index (χ1) is 11.1. The second-order valence-corrected chi connectivity index (χ2v) is 6.67. The molecule has 2 aromatic rings. The molecule has 0 spiro atoms. The van der Waals surface area contributed by atoms with Crippen LogP contribution in [0.25, 0.3) is 11.6 Å². The molecule has 4 rings (SSSR count). The molecular formula is C14H14F4N4O2. The van der Waals surface area contributed by atoms with E-state index in [1.807, 2.05) is 0 Å². The van der Waals surface area contributed by atoms with Gasteiger partial charge in [0.2, 0.25) is 17.2 Å². The topological polar surface area (TPSA) is 77.0 Å². The van der Waals surface area contributed by atoms with Crippen LogP contribution >= 0.6 is 0 Å². The summed E-state index contributed by atoms with van der Waals surface area (Å²) in [5, 5.41) is 21.1. The number of aliphatic hydroxyl groups is 1. The number of fused-ring (bicyclic) bond motifs is 3. The van der Waals surface area contributed by atoms with Crippen LogP contribution in [0.15, 0.2) is 4.52 Å². The fourth-order valence-electron chi connectivity index (χ4n) is 3.07. The summed E-state index contributed by atoms with van der Waals surface area (Å²) >= 11 is 0. The van der Waals surface area contributed by atoms with Crippen molar-refractivity contribution in [2.75, 3.05) is 0 Å². The van der Waals surface area contributed by atoms with Gasteiger partial charge in [-0.2, -0.15) is 13.2 Å². The highest BCUT2D eigenvalue weighted by Crippen LogP contribution is 2.51. The zero-order valence-corrected chi connectivity index (χ0v) is 12.9. The fourth-order valence-corrected chi connectivity index (χ4v) is 3.07. The number of nitrogens with zero attached hydrogens (tertiary/aromatic N) is 4. The highest BCUT2D eigenvalue weighted by Gasteiger charge is 2.56. The molecule has 6 nitrogen and oxygen atoms in total. The van der Waals surface area contributed by atoms with Crippen LogP contribution < -0.4 is 0 Å². The van der Waals surface area contributed by atoms with Gasteiger partial charge in [0.15, 0.2) is 11.5 Å². The van der Waals surface area contributed by atoms with Crippen LogP contribution in [-0.2, 0) is 17.8 Å². The van der Waals surface area contributed by atoms with E-state index >= 15 is 0 Å². The third kappa shape index (κ3) is 1.89. The SMILES string of the molecule is C[C@H]1Cn2c(nnc2C2(F)CC2)-c2onc([C@@](C)(O)C(F)(F)F)c21. The third-order valence-electron chi connectivity index (χ3n) is 4.73. The van der Waals surface area contributed by atoms with Crippen molar-refractivity contribution < 1.29 is 27.2 Å². The Bertz CT molecular complexity index is 819. The summed E-state index contributed by atoms with van der Waals surface area (Å²) in [4.78, 5) is 0. The molecule has 10 heteroatoms. The molecule has 1 N–H and O–H groups in total. The van der Waals surface area contributed by atoms with E-state index < -0.39 is 29.1 Å². The van der Waals surface area contributed by atoms with Crippen molar-refractivity contribution in [3.8, 4) is 11.6 Å². The Labute approximate surface area is 133 Å². The Morgan fingerprint density at radius 1 is 1.29 bits per heavy atom. The maximum Gasteiger partial charge on any atom is 0.422 e. The van der Waals surface area contributed by atoms with E-state index in [9.17, 15) is 22.7 Å². The van der Waals surface area contributed by atoms with E-state index in [4.69, 9.17) is 4.52 Å². The first-order valence-corrected chi connectivity index (χ1v) is 7.48.